The van der Waals surface area contributed by atoms with E-state index >= 15 is 0 Å². The van der Waals surface area contributed by atoms with Crippen molar-refractivity contribution in [1.82, 2.24) is 20.0 Å². The third-order valence-corrected chi connectivity index (χ3v) is 4.38. The maximum Gasteiger partial charge on any atom is 0.292 e. The Hall–Kier alpha value is -3.10. The van der Waals surface area contributed by atoms with Gasteiger partial charge in [0.25, 0.3) is 5.69 Å². The average molecular weight is 402 g/mol. The number of nitrogens with zero attached hydrogens (tertiary/aromatic N) is 5. The number of nitro benzene ring substituents is 1. The van der Waals surface area contributed by atoms with Crippen LogP contribution in [0.3, 0.4) is 0 Å². The van der Waals surface area contributed by atoms with Crippen molar-refractivity contribution in [1.29, 1.82) is 0 Å². The maximum absolute atomic E-state index is 11.1. The number of aryl methyl sites for hydroxylation is 1. The molecule has 1 aromatic carbocycles. The van der Waals surface area contributed by atoms with Crippen LogP contribution < -0.4 is 10.6 Å². The topological polar surface area (TPSA) is 101 Å². The van der Waals surface area contributed by atoms with Gasteiger partial charge in [0, 0.05) is 51.6 Å². The number of benzene rings is 1. The second kappa shape index (κ2) is 10.4. The number of para-hydroxylation sites is 2. The van der Waals surface area contributed by atoms with Gasteiger partial charge in [0.1, 0.15) is 5.69 Å². The van der Waals surface area contributed by atoms with Crippen LogP contribution in [0, 0.1) is 10.1 Å². The number of nitro groups is 1. The molecular weight excluding hydrogens is 370 g/mol. The smallest absolute Gasteiger partial charge is 0.292 e. The number of hydrogen-bond donors (Lipinski definition) is 2. The molecule has 0 aliphatic carbocycles. The summed E-state index contributed by atoms with van der Waals surface area (Å²) >= 11 is 0. The van der Waals surface area contributed by atoms with Crippen molar-refractivity contribution in [2.45, 2.75) is 33.2 Å². The van der Waals surface area contributed by atoms with Crippen molar-refractivity contribution in [3.63, 3.8) is 0 Å². The first-order chi connectivity index (χ1) is 13.8. The minimum Gasteiger partial charge on any atom is -0.378 e. The molecule has 0 amide bonds. The molecule has 2 N–H and O–H groups in total. The molecule has 9 nitrogen and oxygen atoms in total. The number of hydrogen-bond acceptors (Lipinski definition) is 5. The Kier molecular flexibility index (Phi) is 7.99. The van der Waals surface area contributed by atoms with Crippen molar-refractivity contribution in [3.05, 3.63) is 51.8 Å². The normalized spacial score (nSPS) is 11.6. The Morgan fingerprint density at radius 1 is 1.38 bits per heavy atom. The van der Waals surface area contributed by atoms with Crippen molar-refractivity contribution in [3.8, 4) is 0 Å². The largest absolute Gasteiger partial charge is 0.378 e. The monoisotopic (exact) mass is 401 g/mol. The van der Waals surface area contributed by atoms with Crippen molar-refractivity contribution in [2.24, 2.45) is 12.0 Å². The fourth-order valence-corrected chi connectivity index (χ4v) is 3.10. The summed E-state index contributed by atoms with van der Waals surface area (Å²) in [4.78, 5) is 17.4. The van der Waals surface area contributed by atoms with Gasteiger partial charge in [-0.3, -0.25) is 19.8 Å². The quantitative estimate of drug-likeness (QED) is 0.220. The van der Waals surface area contributed by atoms with Gasteiger partial charge in [-0.05, 0) is 18.9 Å². The second-order valence-corrected chi connectivity index (χ2v) is 7.16. The summed E-state index contributed by atoms with van der Waals surface area (Å²) in [6.45, 7) is 8.74. The minimum absolute atomic E-state index is 0.0679. The Balaban J connectivity index is 2.01. The molecule has 0 spiro atoms. The summed E-state index contributed by atoms with van der Waals surface area (Å²) in [6.07, 6.45) is 2.05. The van der Waals surface area contributed by atoms with E-state index in [1.807, 2.05) is 31.9 Å². The molecule has 29 heavy (non-hydrogen) atoms. The van der Waals surface area contributed by atoms with Crippen LogP contribution in [0.15, 0.2) is 35.5 Å². The van der Waals surface area contributed by atoms with Gasteiger partial charge < -0.3 is 15.5 Å². The molecule has 0 bridgehead atoms. The fraction of sp³-hybridized carbons (Fsp3) is 0.500. The van der Waals surface area contributed by atoms with E-state index in [2.05, 4.69) is 39.5 Å². The Bertz CT molecular complexity index is 845. The predicted molar refractivity (Wildman–Crippen MR) is 116 cm³/mol. The summed E-state index contributed by atoms with van der Waals surface area (Å²) in [5, 5.41) is 22.1. The van der Waals surface area contributed by atoms with Crippen molar-refractivity contribution < 1.29 is 4.92 Å². The first kappa shape index (κ1) is 22.2. The van der Waals surface area contributed by atoms with Crippen LogP contribution in [0.25, 0.3) is 0 Å². The highest BCUT2D eigenvalue weighted by Gasteiger charge is 2.15. The van der Waals surface area contributed by atoms with Crippen LogP contribution in [0.5, 0.6) is 0 Å². The highest BCUT2D eigenvalue weighted by atomic mass is 16.6. The summed E-state index contributed by atoms with van der Waals surface area (Å²) in [6, 6.07) is 6.62. The standard InChI is InChI=1S/C20H31N7O2/c1-6-21-20(25(4)13-16-14-26(5)24-19(16)15(2)3)23-12-11-22-17-9-7-8-10-18(17)27(28)29/h7-10,14-15,22H,6,11-13H2,1-5H3,(H,21,23). The zero-order valence-electron chi connectivity index (χ0n) is 17.8. The predicted octanol–water partition coefficient (Wildman–Crippen LogP) is 2.96. The fourth-order valence-electron chi connectivity index (χ4n) is 3.10. The van der Waals surface area contributed by atoms with E-state index in [1.54, 1.807) is 18.2 Å². The van der Waals surface area contributed by atoms with Gasteiger partial charge in [0.05, 0.1) is 17.2 Å². The first-order valence-electron chi connectivity index (χ1n) is 9.82. The molecule has 0 unspecified atom stereocenters. The molecule has 0 saturated heterocycles. The molecule has 158 valence electrons. The van der Waals surface area contributed by atoms with Gasteiger partial charge in [0.2, 0.25) is 0 Å². The Morgan fingerprint density at radius 3 is 2.76 bits per heavy atom. The van der Waals surface area contributed by atoms with Gasteiger partial charge in [-0.1, -0.05) is 26.0 Å². The van der Waals surface area contributed by atoms with Crippen molar-refractivity contribution >= 4 is 17.3 Å². The molecular formula is C20H31N7O2. The Labute approximate surface area is 172 Å². The third-order valence-electron chi connectivity index (χ3n) is 4.38. The van der Waals surface area contributed by atoms with Crippen LogP contribution in [0.1, 0.15) is 37.9 Å². The lowest BCUT2D eigenvalue weighted by Gasteiger charge is -2.22. The van der Waals surface area contributed by atoms with E-state index in [0.29, 0.717) is 31.2 Å². The zero-order chi connectivity index (χ0) is 21.4. The summed E-state index contributed by atoms with van der Waals surface area (Å²) in [7, 11) is 3.93. The average Bonchev–Trinajstić information content (AvgIpc) is 3.04. The number of anilines is 1. The van der Waals surface area contributed by atoms with Crippen LogP contribution in [0.4, 0.5) is 11.4 Å². The molecule has 2 rings (SSSR count). The van der Waals surface area contributed by atoms with Crippen molar-refractivity contribution in [2.75, 3.05) is 32.0 Å². The molecule has 0 radical (unpaired) electrons. The SMILES string of the molecule is CCNC(=NCCNc1ccccc1[N+](=O)[O-])N(C)Cc1cn(C)nc1C(C)C. The molecule has 9 heteroatoms. The molecule has 0 atom stereocenters. The molecule has 2 aromatic rings. The van der Waals surface area contributed by atoms with E-state index in [9.17, 15) is 10.1 Å². The second-order valence-electron chi connectivity index (χ2n) is 7.16. The minimum atomic E-state index is -0.385. The number of rotatable bonds is 9. The van der Waals surface area contributed by atoms with Crippen LogP contribution in [0.2, 0.25) is 0 Å². The Morgan fingerprint density at radius 2 is 2.10 bits per heavy atom. The van der Waals surface area contributed by atoms with E-state index in [-0.39, 0.29) is 10.6 Å². The molecule has 0 aliphatic heterocycles. The van der Waals surface area contributed by atoms with E-state index in [0.717, 1.165) is 18.2 Å². The summed E-state index contributed by atoms with van der Waals surface area (Å²) < 4.78 is 1.85. The molecule has 0 saturated carbocycles. The van der Waals surface area contributed by atoms with Gasteiger partial charge in [-0.2, -0.15) is 5.10 Å². The molecule has 1 heterocycles. The number of aliphatic imine (C=N–C) groups is 1. The summed E-state index contributed by atoms with van der Waals surface area (Å²) in [5.41, 5.74) is 2.84. The van der Waals surface area contributed by atoms with Crippen LogP contribution in [-0.4, -0.2) is 52.2 Å². The zero-order valence-corrected chi connectivity index (χ0v) is 17.8. The van der Waals surface area contributed by atoms with Gasteiger partial charge in [-0.15, -0.1) is 0 Å². The highest BCUT2D eigenvalue weighted by Crippen LogP contribution is 2.22. The maximum atomic E-state index is 11.1. The number of guanidine groups is 1. The molecule has 0 fully saturated rings. The van der Waals surface area contributed by atoms with Gasteiger partial charge in [-0.25, -0.2) is 0 Å². The molecule has 0 aliphatic rings. The lowest BCUT2D eigenvalue weighted by Crippen LogP contribution is -2.39. The van der Waals surface area contributed by atoms with Crippen LogP contribution >= 0.6 is 0 Å². The number of aromatic nitrogens is 2. The lowest BCUT2D eigenvalue weighted by atomic mass is 10.1. The summed E-state index contributed by atoms with van der Waals surface area (Å²) in [5.74, 6) is 1.14. The van der Waals surface area contributed by atoms with Crippen LogP contribution in [-0.2, 0) is 13.6 Å². The number of nitrogens with one attached hydrogen (secondary N) is 2. The van der Waals surface area contributed by atoms with Gasteiger partial charge >= 0.3 is 0 Å². The third kappa shape index (κ3) is 6.20. The van der Waals surface area contributed by atoms with E-state index in [1.165, 1.54) is 11.6 Å². The lowest BCUT2D eigenvalue weighted by molar-refractivity contribution is -0.384. The molecule has 1 aromatic heterocycles. The van der Waals surface area contributed by atoms with Gasteiger partial charge in [0.15, 0.2) is 5.96 Å². The highest BCUT2D eigenvalue weighted by molar-refractivity contribution is 5.79. The van der Waals surface area contributed by atoms with E-state index in [4.69, 9.17) is 0 Å². The first-order valence-corrected chi connectivity index (χ1v) is 9.82. The van der Waals surface area contributed by atoms with E-state index < -0.39 is 0 Å².